The highest BCUT2D eigenvalue weighted by atomic mass is 16.4. The van der Waals surface area contributed by atoms with Gasteiger partial charge in [-0.05, 0) is 48.4 Å². The molecule has 0 saturated heterocycles. The van der Waals surface area contributed by atoms with Crippen LogP contribution in [0.25, 0.3) is 0 Å². The third-order valence-corrected chi connectivity index (χ3v) is 2.99. The molecule has 0 saturated carbocycles. The van der Waals surface area contributed by atoms with Crippen LogP contribution in [0.1, 0.15) is 36.3 Å². The van der Waals surface area contributed by atoms with Crippen molar-refractivity contribution >= 4 is 5.97 Å². The van der Waals surface area contributed by atoms with Crippen LogP contribution in [-0.2, 0) is 11.2 Å². The van der Waals surface area contributed by atoms with Crippen molar-refractivity contribution in [3.05, 3.63) is 29.3 Å². The van der Waals surface area contributed by atoms with E-state index in [0.29, 0.717) is 0 Å². The summed E-state index contributed by atoms with van der Waals surface area (Å²) >= 11 is 0. The lowest BCUT2D eigenvalue weighted by atomic mass is 9.81. The number of phenolic OH excluding ortho intramolecular Hbond substituents is 1. The molecule has 15 heavy (non-hydrogen) atoms. The van der Waals surface area contributed by atoms with E-state index in [0.717, 1.165) is 24.8 Å². The molecule has 1 aromatic carbocycles. The van der Waals surface area contributed by atoms with Gasteiger partial charge in [0.2, 0.25) is 0 Å². The summed E-state index contributed by atoms with van der Waals surface area (Å²) in [7, 11) is 0. The fourth-order valence-electron chi connectivity index (χ4n) is 2.31. The van der Waals surface area contributed by atoms with Crippen molar-refractivity contribution < 1.29 is 15.0 Å². The number of carboxylic acid groups (broad SMARTS) is 1. The summed E-state index contributed by atoms with van der Waals surface area (Å²) in [4.78, 5) is 10.7. The maximum atomic E-state index is 10.7. The van der Waals surface area contributed by atoms with Crippen LogP contribution in [0.4, 0.5) is 0 Å². The Labute approximate surface area is 88.4 Å². The highest BCUT2D eigenvalue weighted by Crippen LogP contribution is 2.35. The van der Waals surface area contributed by atoms with Crippen molar-refractivity contribution in [3.8, 4) is 5.75 Å². The molecule has 1 atom stereocenters. The van der Waals surface area contributed by atoms with E-state index in [2.05, 4.69) is 0 Å². The predicted molar refractivity (Wildman–Crippen MR) is 56.0 cm³/mol. The average Bonchev–Trinajstić information content (AvgIpc) is 2.18. The lowest BCUT2D eigenvalue weighted by Gasteiger charge is -2.24. The average molecular weight is 206 g/mol. The van der Waals surface area contributed by atoms with Gasteiger partial charge in [0, 0.05) is 0 Å². The van der Waals surface area contributed by atoms with Crippen molar-refractivity contribution in [2.75, 3.05) is 0 Å². The van der Waals surface area contributed by atoms with E-state index in [9.17, 15) is 9.90 Å². The van der Waals surface area contributed by atoms with Crippen molar-refractivity contribution in [2.24, 2.45) is 0 Å². The first kappa shape index (κ1) is 10.0. The highest BCUT2D eigenvalue weighted by molar-refractivity contribution is 5.68. The topological polar surface area (TPSA) is 57.5 Å². The second-order valence-electron chi connectivity index (χ2n) is 4.07. The third-order valence-electron chi connectivity index (χ3n) is 2.99. The maximum Gasteiger partial charge on any atom is 0.303 e. The zero-order valence-corrected chi connectivity index (χ0v) is 8.44. The number of aryl methyl sites for hydroxylation is 1. The van der Waals surface area contributed by atoms with Crippen molar-refractivity contribution in [1.29, 1.82) is 0 Å². The van der Waals surface area contributed by atoms with Gasteiger partial charge in [-0.15, -0.1) is 0 Å². The molecule has 3 heteroatoms. The minimum absolute atomic E-state index is 0.0679. The van der Waals surface area contributed by atoms with Gasteiger partial charge in [-0.25, -0.2) is 0 Å². The predicted octanol–water partition coefficient (Wildman–Crippen LogP) is 2.29. The van der Waals surface area contributed by atoms with Gasteiger partial charge in [0.25, 0.3) is 0 Å². The van der Waals surface area contributed by atoms with Gasteiger partial charge in [0.1, 0.15) is 5.75 Å². The molecule has 0 radical (unpaired) electrons. The Morgan fingerprint density at radius 3 is 3.00 bits per heavy atom. The molecule has 0 spiro atoms. The van der Waals surface area contributed by atoms with Crippen molar-refractivity contribution in [3.63, 3.8) is 0 Å². The van der Waals surface area contributed by atoms with E-state index in [-0.39, 0.29) is 18.1 Å². The number of aromatic hydroxyl groups is 1. The SMILES string of the molecule is O=C(O)C[C@H]1CCCc2ccc(O)cc21. The first-order valence-electron chi connectivity index (χ1n) is 5.20. The lowest BCUT2D eigenvalue weighted by Crippen LogP contribution is -2.13. The molecule has 0 bridgehead atoms. The van der Waals surface area contributed by atoms with E-state index < -0.39 is 5.97 Å². The molecule has 1 aromatic rings. The Balaban J connectivity index is 2.32. The van der Waals surface area contributed by atoms with Crippen LogP contribution in [0.2, 0.25) is 0 Å². The molecule has 80 valence electrons. The highest BCUT2D eigenvalue weighted by Gasteiger charge is 2.22. The molecule has 2 rings (SSSR count). The largest absolute Gasteiger partial charge is 0.508 e. The smallest absolute Gasteiger partial charge is 0.303 e. The summed E-state index contributed by atoms with van der Waals surface area (Å²) in [6.45, 7) is 0. The Bertz CT molecular complexity index is 384. The van der Waals surface area contributed by atoms with Crippen molar-refractivity contribution in [2.45, 2.75) is 31.6 Å². The number of phenols is 1. The van der Waals surface area contributed by atoms with E-state index >= 15 is 0 Å². The Morgan fingerprint density at radius 1 is 1.47 bits per heavy atom. The Hall–Kier alpha value is -1.51. The van der Waals surface area contributed by atoms with Crippen LogP contribution in [0.15, 0.2) is 18.2 Å². The Kier molecular flexibility index (Phi) is 2.62. The molecule has 2 N–H and O–H groups in total. The van der Waals surface area contributed by atoms with E-state index in [4.69, 9.17) is 5.11 Å². The van der Waals surface area contributed by atoms with Crippen LogP contribution in [-0.4, -0.2) is 16.2 Å². The van der Waals surface area contributed by atoms with Gasteiger partial charge in [0.15, 0.2) is 0 Å². The molecule has 0 aliphatic heterocycles. The molecule has 0 fully saturated rings. The molecule has 1 aliphatic rings. The quantitative estimate of drug-likeness (QED) is 0.780. The Morgan fingerprint density at radius 2 is 2.27 bits per heavy atom. The molecule has 0 amide bonds. The number of carbonyl (C=O) groups is 1. The molecule has 0 aromatic heterocycles. The number of rotatable bonds is 2. The molecular weight excluding hydrogens is 192 g/mol. The molecule has 1 aliphatic carbocycles. The van der Waals surface area contributed by atoms with Gasteiger partial charge < -0.3 is 10.2 Å². The third kappa shape index (κ3) is 2.12. The standard InChI is InChI=1S/C12H14O3/c13-10-5-4-8-2-1-3-9(6-12(14)15)11(8)7-10/h4-5,7,9,13H,1-3,6H2,(H,14,15)/t9-/m1/s1. The van der Waals surface area contributed by atoms with Crippen LogP contribution in [0, 0.1) is 0 Å². The summed E-state index contributed by atoms with van der Waals surface area (Å²) in [5.41, 5.74) is 2.20. The fraction of sp³-hybridized carbons (Fsp3) is 0.417. The molecule has 0 unspecified atom stereocenters. The number of hydrogen-bond donors (Lipinski definition) is 2. The summed E-state index contributed by atoms with van der Waals surface area (Å²) in [6, 6.07) is 5.28. The van der Waals surface area contributed by atoms with Gasteiger partial charge in [-0.3, -0.25) is 4.79 Å². The van der Waals surface area contributed by atoms with Gasteiger partial charge in [0.05, 0.1) is 6.42 Å². The number of benzene rings is 1. The van der Waals surface area contributed by atoms with Gasteiger partial charge in [-0.2, -0.15) is 0 Å². The van der Waals surface area contributed by atoms with Gasteiger partial charge in [-0.1, -0.05) is 6.07 Å². The number of carboxylic acids is 1. The molecule has 3 nitrogen and oxygen atoms in total. The minimum atomic E-state index is -0.767. The summed E-state index contributed by atoms with van der Waals surface area (Å²) in [6.07, 6.45) is 3.10. The van der Waals surface area contributed by atoms with Crippen LogP contribution < -0.4 is 0 Å². The van der Waals surface area contributed by atoms with E-state index in [1.807, 2.05) is 6.07 Å². The number of fused-ring (bicyclic) bond motifs is 1. The minimum Gasteiger partial charge on any atom is -0.508 e. The fourth-order valence-corrected chi connectivity index (χ4v) is 2.31. The second-order valence-corrected chi connectivity index (χ2v) is 4.07. The molecular formula is C12H14O3. The zero-order chi connectivity index (χ0) is 10.8. The second kappa shape index (κ2) is 3.93. The summed E-state index contributed by atoms with van der Waals surface area (Å²) in [5, 5.41) is 18.2. The zero-order valence-electron chi connectivity index (χ0n) is 8.44. The number of aliphatic carboxylic acids is 1. The monoisotopic (exact) mass is 206 g/mol. The first-order valence-corrected chi connectivity index (χ1v) is 5.20. The summed E-state index contributed by atoms with van der Waals surface area (Å²) in [5.74, 6) is -0.472. The number of hydrogen-bond acceptors (Lipinski definition) is 2. The van der Waals surface area contributed by atoms with Crippen molar-refractivity contribution in [1.82, 2.24) is 0 Å². The molecule has 0 heterocycles. The summed E-state index contributed by atoms with van der Waals surface area (Å²) < 4.78 is 0. The first-order chi connectivity index (χ1) is 7.16. The van der Waals surface area contributed by atoms with Crippen LogP contribution in [0.3, 0.4) is 0 Å². The van der Waals surface area contributed by atoms with E-state index in [1.54, 1.807) is 12.1 Å². The van der Waals surface area contributed by atoms with Gasteiger partial charge >= 0.3 is 5.97 Å². The van der Waals surface area contributed by atoms with Crippen LogP contribution in [0.5, 0.6) is 5.75 Å². The van der Waals surface area contributed by atoms with Crippen LogP contribution >= 0.6 is 0 Å². The van der Waals surface area contributed by atoms with E-state index in [1.165, 1.54) is 5.56 Å². The normalized spacial score (nSPS) is 19.6. The lowest BCUT2D eigenvalue weighted by molar-refractivity contribution is -0.137. The maximum absolute atomic E-state index is 10.7.